The molecule has 0 aliphatic carbocycles. The van der Waals surface area contributed by atoms with E-state index in [1.807, 2.05) is 18.2 Å². The molecule has 6 aromatic rings. The molecule has 36 heavy (non-hydrogen) atoms. The van der Waals surface area contributed by atoms with Gasteiger partial charge >= 0.3 is 0 Å². The van der Waals surface area contributed by atoms with Gasteiger partial charge in [-0.3, -0.25) is 0 Å². The summed E-state index contributed by atoms with van der Waals surface area (Å²) in [5.74, 6) is 0. The second-order valence-electron chi connectivity index (χ2n) is 8.88. The summed E-state index contributed by atoms with van der Waals surface area (Å²) in [6, 6.07) is 51.0. The maximum Gasteiger partial charge on any atom is 0.114 e. The summed E-state index contributed by atoms with van der Waals surface area (Å²) in [4.78, 5) is 2.32. The van der Waals surface area contributed by atoms with E-state index < -0.39 is 0 Å². The zero-order chi connectivity index (χ0) is 24.3. The van der Waals surface area contributed by atoms with E-state index in [9.17, 15) is 0 Å². The Morgan fingerprint density at radius 1 is 0.389 bits per heavy atom. The predicted octanol–water partition coefficient (Wildman–Crippen LogP) is 8.44. The van der Waals surface area contributed by atoms with E-state index in [1.54, 1.807) is 0 Å². The highest BCUT2D eigenvalue weighted by Gasteiger charge is 2.16. The van der Waals surface area contributed by atoms with Crippen LogP contribution < -0.4 is 10.4 Å². The zero-order valence-corrected chi connectivity index (χ0v) is 19.9. The Bertz CT molecular complexity index is 1620. The van der Waals surface area contributed by atoms with Gasteiger partial charge in [-0.25, -0.2) is 0 Å². The first-order chi connectivity index (χ1) is 17.8. The third kappa shape index (κ3) is 4.19. The molecule has 0 atom stereocenters. The Morgan fingerprint density at radius 2 is 0.944 bits per heavy atom. The molecule has 6 aromatic carbocycles. The number of hydrogen-bond donors (Lipinski definition) is 0. The largest absolute Gasteiger partial charge is 0.310 e. The molecular formula is C34H24BN. The molecule has 0 unspecified atom stereocenters. The van der Waals surface area contributed by atoms with Gasteiger partial charge in [0, 0.05) is 16.8 Å². The van der Waals surface area contributed by atoms with Gasteiger partial charge in [-0.2, -0.15) is 0 Å². The van der Waals surface area contributed by atoms with E-state index >= 15 is 0 Å². The lowest BCUT2D eigenvalue weighted by Crippen LogP contribution is -2.13. The van der Waals surface area contributed by atoms with Crippen molar-refractivity contribution >= 4 is 41.1 Å². The molecule has 0 N–H and O–H groups in total. The molecular weight excluding hydrogens is 433 g/mol. The molecule has 0 fully saturated rings. The van der Waals surface area contributed by atoms with E-state index in [-0.39, 0.29) is 0 Å². The van der Waals surface area contributed by atoms with E-state index in [1.165, 1.54) is 22.3 Å². The van der Waals surface area contributed by atoms with Gasteiger partial charge in [0.2, 0.25) is 0 Å². The second-order valence-corrected chi connectivity index (χ2v) is 8.88. The lowest BCUT2D eigenvalue weighted by Gasteiger charge is -2.28. The minimum atomic E-state index is 0.784. The van der Waals surface area contributed by atoms with Crippen LogP contribution in [0.5, 0.6) is 0 Å². The first-order valence-corrected chi connectivity index (χ1v) is 12.2. The molecule has 0 heterocycles. The quantitative estimate of drug-likeness (QED) is 0.235. The Morgan fingerprint density at radius 3 is 1.64 bits per heavy atom. The van der Waals surface area contributed by atoms with Gasteiger partial charge in [0.1, 0.15) is 7.85 Å². The number of rotatable bonds is 5. The first kappa shape index (κ1) is 21.9. The molecule has 6 rings (SSSR count). The highest BCUT2D eigenvalue weighted by molar-refractivity contribution is 6.39. The van der Waals surface area contributed by atoms with Gasteiger partial charge in [-0.05, 0) is 58.0 Å². The fraction of sp³-hybridized carbons (Fsp3) is 0. The maximum absolute atomic E-state index is 6.37. The van der Waals surface area contributed by atoms with Gasteiger partial charge in [-0.1, -0.05) is 121 Å². The van der Waals surface area contributed by atoms with Crippen molar-refractivity contribution in [2.75, 3.05) is 4.90 Å². The Hall–Kier alpha value is -4.56. The molecule has 0 aliphatic rings. The van der Waals surface area contributed by atoms with Gasteiger partial charge in [-0.15, -0.1) is 0 Å². The van der Waals surface area contributed by atoms with Crippen LogP contribution in [0.1, 0.15) is 0 Å². The lowest BCUT2D eigenvalue weighted by atomic mass is 9.89. The third-order valence-electron chi connectivity index (χ3n) is 6.62. The molecule has 2 heteroatoms. The minimum absolute atomic E-state index is 0.784. The topological polar surface area (TPSA) is 3.24 Å². The summed E-state index contributed by atoms with van der Waals surface area (Å²) in [5.41, 5.74) is 8.84. The van der Waals surface area contributed by atoms with Crippen LogP contribution in [0.3, 0.4) is 0 Å². The number of nitrogens with zero attached hydrogens (tertiary/aromatic N) is 1. The van der Waals surface area contributed by atoms with Crippen LogP contribution in [0.15, 0.2) is 146 Å². The van der Waals surface area contributed by atoms with Crippen LogP contribution in [-0.4, -0.2) is 7.85 Å². The molecule has 0 aromatic heterocycles. The van der Waals surface area contributed by atoms with Crippen molar-refractivity contribution in [3.63, 3.8) is 0 Å². The normalized spacial score (nSPS) is 10.9. The second kappa shape index (κ2) is 9.60. The van der Waals surface area contributed by atoms with Crippen molar-refractivity contribution in [1.29, 1.82) is 0 Å². The molecule has 1 nitrogen and oxygen atoms in total. The molecule has 0 spiro atoms. The van der Waals surface area contributed by atoms with Crippen LogP contribution >= 0.6 is 0 Å². The predicted molar refractivity (Wildman–Crippen MR) is 155 cm³/mol. The third-order valence-corrected chi connectivity index (χ3v) is 6.62. The average molecular weight is 457 g/mol. The molecule has 0 amide bonds. The summed E-state index contributed by atoms with van der Waals surface area (Å²) in [7, 11) is 6.37. The van der Waals surface area contributed by atoms with Gasteiger partial charge in [0.15, 0.2) is 0 Å². The maximum atomic E-state index is 6.37. The van der Waals surface area contributed by atoms with E-state index in [0.717, 1.165) is 33.3 Å². The highest BCUT2D eigenvalue weighted by atomic mass is 15.1. The fourth-order valence-corrected chi connectivity index (χ4v) is 4.82. The van der Waals surface area contributed by atoms with Crippen molar-refractivity contribution in [2.24, 2.45) is 0 Å². The van der Waals surface area contributed by atoms with Crippen LogP contribution in [-0.2, 0) is 0 Å². The smallest absolute Gasteiger partial charge is 0.114 e. The van der Waals surface area contributed by atoms with Crippen molar-refractivity contribution < 1.29 is 0 Å². The summed E-state index contributed by atoms with van der Waals surface area (Å²) in [6.45, 7) is 0. The first-order valence-electron chi connectivity index (χ1n) is 12.2. The highest BCUT2D eigenvalue weighted by Crippen LogP contribution is 2.40. The fourth-order valence-electron chi connectivity index (χ4n) is 4.82. The van der Waals surface area contributed by atoms with E-state index in [2.05, 4.69) is 132 Å². The van der Waals surface area contributed by atoms with Crippen molar-refractivity contribution in [3.05, 3.63) is 146 Å². The Balaban J connectivity index is 1.53. The zero-order valence-electron chi connectivity index (χ0n) is 19.9. The van der Waals surface area contributed by atoms with Gasteiger partial charge in [0.25, 0.3) is 0 Å². The van der Waals surface area contributed by atoms with Crippen LogP contribution in [0.2, 0.25) is 0 Å². The lowest BCUT2D eigenvalue weighted by molar-refractivity contribution is 1.30. The van der Waals surface area contributed by atoms with Crippen LogP contribution in [0.4, 0.5) is 17.1 Å². The standard InChI is InChI=1S/C34H24BN/c35-33-22-23-34(32-17-8-7-16-31(32)33)36(29-20-18-27(19-21-29)25-10-3-1-4-11-25)30-15-9-14-28(24-30)26-12-5-2-6-13-26/h1-24H. The molecule has 0 saturated carbocycles. The van der Waals surface area contributed by atoms with Crippen molar-refractivity contribution in [2.45, 2.75) is 0 Å². The number of anilines is 3. The van der Waals surface area contributed by atoms with Crippen LogP contribution in [0.25, 0.3) is 33.0 Å². The number of benzene rings is 6. The van der Waals surface area contributed by atoms with Crippen molar-refractivity contribution in [3.8, 4) is 22.3 Å². The minimum Gasteiger partial charge on any atom is -0.310 e. The summed E-state index contributed by atoms with van der Waals surface area (Å²) >= 11 is 0. The van der Waals surface area contributed by atoms with E-state index in [0.29, 0.717) is 0 Å². The monoisotopic (exact) mass is 457 g/mol. The number of hydrogen-bond acceptors (Lipinski definition) is 1. The summed E-state index contributed by atoms with van der Waals surface area (Å²) in [5, 5.41) is 2.18. The van der Waals surface area contributed by atoms with Crippen LogP contribution in [0, 0.1) is 0 Å². The Kier molecular flexibility index (Phi) is 5.85. The van der Waals surface area contributed by atoms with Crippen molar-refractivity contribution in [1.82, 2.24) is 0 Å². The number of fused-ring (bicyclic) bond motifs is 1. The molecule has 0 aliphatic heterocycles. The summed E-state index contributed by atoms with van der Waals surface area (Å²) < 4.78 is 0. The van der Waals surface area contributed by atoms with E-state index in [4.69, 9.17) is 7.85 Å². The molecule has 0 saturated heterocycles. The van der Waals surface area contributed by atoms with Gasteiger partial charge < -0.3 is 4.90 Å². The SMILES string of the molecule is [B]c1ccc(N(c2ccc(-c3ccccc3)cc2)c2cccc(-c3ccccc3)c2)c2ccccc12. The molecule has 0 bridgehead atoms. The van der Waals surface area contributed by atoms with Gasteiger partial charge in [0.05, 0.1) is 5.69 Å². The molecule has 168 valence electrons. The average Bonchev–Trinajstić information content (AvgIpc) is 2.96. The molecule has 2 radical (unpaired) electrons. The summed E-state index contributed by atoms with van der Waals surface area (Å²) in [6.07, 6.45) is 0. The Labute approximate surface area is 213 Å².